The minimum atomic E-state index is -0.530. The number of nitrogens with zero attached hydrogens (tertiary/aromatic N) is 2. The van der Waals surface area contributed by atoms with Gasteiger partial charge in [0.15, 0.2) is 0 Å². The summed E-state index contributed by atoms with van der Waals surface area (Å²) in [6, 6.07) is 12.1. The molecule has 0 saturated carbocycles. The number of hydrogen-bond donors (Lipinski definition) is 2. The Balaban J connectivity index is 1.90. The van der Waals surface area contributed by atoms with E-state index >= 15 is 0 Å². The van der Waals surface area contributed by atoms with Crippen LogP contribution in [0.15, 0.2) is 53.6 Å². The predicted molar refractivity (Wildman–Crippen MR) is 97.2 cm³/mol. The molecule has 0 radical (unpaired) electrons. The van der Waals surface area contributed by atoms with Crippen LogP contribution in [0.4, 0.5) is 5.69 Å². The fourth-order valence-electron chi connectivity index (χ4n) is 1.96. The zero-order chi connectivity index (χ0) is 19.1. The molecule has 0 aliphatic carbocycles. The lowest BCUT2D eigenvalue weighted by Gasteiger charge is -2.05. The molecule has 9 heteroatoms. The van der Waals surface area contributed by atoms with Crippen molar-refractivity contribution < 1.29 is 14.5 Å². The lowest BCUT2D eigenvalue weighted by Crippen LogP contribution is -2.35. The Hall–Kier alpha value is -3.26. The molecule has 0 saturated heterocycles. The quantitative estimate of drug-likeness (QED) is 0.459. The molecule has 0 aliphatic heterocycles. The van der Waals surface area contributed by atoms with Gasteiger partial charge in [-0.2, -0.15) is 5.10 Å². The lowest BCUT2D eigenvalue weighted by molar-refractivity contribution is -0.384. The van der Waals surface area contributed by atoms with Crippen molar-refractivity contribution in [2.75, 3.05) is 6.54 Å². The maximum Gasteiger partial charge on any atom is 0.270 e. The van der Waals surface area contributed by atoms with Crippen molar-refractivity contribution in [1.82, 2.24) is 10.7 Å². The van der Waals surface area contributed by atoms with Crippen LogP contribution in [0.5, 0.6) is 0 Å². The highest BCUT2D eigenvalue weighted by Gasteiger charge is 2.09. The van der Waals surface area contributed by atoms with Gasteiger partial charge in [-0.15, -0.1) is 0 Å². The van der Waals surface area contributed by atoms with Gasteiger partial charge in [0.05, 0.1) is 17.2 Å². The molecule has 0 bridgehead atoms. The Kier molecular flexibility index (Phi) is 6.40. The van der Waals surface area contributed by atoms with Crippen molar-refractivity contribution in [1.29, 1.82) is 0 Å². The van der Waals surface area contributed by atoms with Crippen molar-refractivity contribution in [3.05, 3.63) is 74.8 Å². The molecular weight excluding hydrogens is 360 g/mol. The summed E-state index contributed by atoms with van der Waals surface area (Å²) in [5.74, 6) is -0.951. The van der Waals surface area contributed by atoms with E-state index in [1.807, 2.05) is 0 Å². The Bertz CT molecular complexity index is 865. The van der Waals surface area contributed by atoms with Crippen molar-refractivity contribution >= 4 is 34.8 Å². The number of nitrogens with one attached hydrogen (secondary N) is 2. The summed E-state index contributed by atoms with van der Waals surface area (Å²) in [5, 5.41) is 17.6. The second kappa shape index (κ2) is 8.72. The number of hydrazone groups is 1. The summed E-state index contributed by atoms with van der Waals surface area (Å²) in [6.45, 7) is 1.33. The summed E-state index contributed by atoms with van der Waals surface area (Å²) in [6.07, 6.45) is 0. The molecule has 0 fully saturated rings. The van der Waals surface area contributed by atoms with E-state index in [1.165, 1.54) is 18.2 Å². The summed E-state index contributed by atoms with van der Waals surface area (Å²) in [4.78, 5) is 33.9. The number of carbonyl (C=O) groups is 2. The summed E-state index contributed by atoms with van der Waals surface area (Å²) in [5.41, 5.74) is 3.49. The molecule has 8 nitrogen and oxygen atoms in total. The van der Waals surface area contributed by atoms with Crippen molar-refractivity contribution in [2.24, 2.45) is 5.10 Å². The number of nitro groups is 1. The molecule has 0 heterocycles. The molecule has 0 aliphatic rings. The number of amides is 2. The van der Waals surface area contributed by atoms with E-state index in [0.717, 1.165) is 0 Å². The third kappa shape index (κ3) is 5.38. The number of benzene rings is 2. The topological polar surface area (TPSA) is 114 Å². The van der Waals surface area contributed by atoms with Crippen LogP contribution in [0.25, 0.3) is 0 Å². The van der Waals surface area contributed by atoms with Gasteiger partial charge in [0.25, 0.3) is 17.5 Å². The van der Waals surface area contributed by atoms with Crippen molar-refractivity contribution in [3.63, 3.8) is 0 Å². The van der Waals surface area contributed by atoms with Crippen LogP contribution < -0.4 is 10.7 Å². The molecule has 2 aromatic rings. The van der Waals surface area contributed by atoms with Gasteiger partial charge < -0.3 is 5.32 Å². The number of rotatable bonds is 6. The van der Waals surface area contributed by atoms with Crippen LogP contribution in [0.1, 0.15) is 22.8 Å². The van der Waals surface area contributed by atoms with Gasteiger partial charge in [0.2, 0.25) is 0 Å². The van der Waals surface area contributed by atoms with Gasteiger partial charge in [-0.05, 0) is 31.2 Å². The molecule has 0 spiro atoms. The molecule has 134 valence electrons. The zero-order valence-electron chi connectivity index (χ0n) is 13.7. The van der Waals surface area contributed by atoms with E-state index in [-0.39, 0.29) is 12.2 Å². The first-order chi connectivity index (χ1) is 12.4. The maximum absolute atomic E-state index is 11.9. The second-order valence-electron chi connectivity index (χ2n) is 5.23. The monoisotopic (exact) mass is 374 g/mol. The van der Waals surface area contributed by atoms with Crippen LogP contribution in [-0.4, -0.2) is 29.0 Å². The summed E-state index contributed by atoms with van der Waals surface area (Å²) in [7, 11) is 0. The molecule has 2 N–H and O–H groups in total. The molecule has 2 aromatic carbocycles. The van der Waals surface area contributed by atoms with Gasteiger partial charge in [0.1, 0.15) is 0 Å². The van der Waals surface area contributed by atoms with Crippen molar-refractivity contribution in [2.45, 2.75) is 6.92 Å². The minimum absolute atomic E-state index is 0.0707. The van der Waals surface area contributed by atoms with Gasteiger partial charge in [-0.25, -0.2) is 5.43 Å². The predicted octanol–water partition coefficient (Wildman–Crippen LogP) is 2.52. The first-order valence-corrected chi connectivity index (χ1v) is 7.86. The van der Waals surface area contributed by atoms with E-state index in [2.05, 4.69) is 15.8 Å². The molecule has 26 heavy (non-hydrogen) atoms. The van der Waals surface area contributed by atoms with Gasteiger partial charge in [-0.3, -0.25) is 19.7 Å². The van der Waals surface area contributed by atoms with Crippen LogP contribution in [-0.2, 0) is 4.79 Å². The van der Waals surface area contributed by atoms with Gasteiger partial charge in [-0.1, -0.05) is 23.7 Å². The van der Waals surface area contributed by atoms with E-state index in [0.29, 0.717) is 21.9 Å². The van der Waals surface area contributed by atoms with Crippen LogP contribution in [0, 0.1) is 10.1 Å². The van der Waals surface area contributed by atoms with Crippen LogP contribution in [0.2, 0.25) is 5.02 Å². The van der Waals surface area contributed by atoms with Crippen LogP contribution >= 0.6 is 11.6 Å². The Labute approximate surface area is 154 Å². The number of hydrogen-bond acceptors (Lipinski definition) is 5. The minimum Gasteiger partial charge on any atom is -0.343 e. The Morgan fingerprint density at radius 1 is 1.15 bits per heavy atom. The first kappa shape index (κ1) is 19.1. The molecule has 0 aromatic heterocycles. The molecular formula is C17H15ClN4O4. The summed E-state index contributed by atoms with van der Waals surface area (Å²) >= 11 is 5.74. The standard InChI is InChI=1S/C17H15ClN4O4/c1-11(13-3-2-4-15(9-13)22(25)26)20-21-16(23)10-19-17(24)12-5-7-14(18)8-6-12/h2-9H,10H2,1H3,(H,19,24)(H,21,23)/b20-11-. The summed E-state index contributed by atoms with van der Waals surface area (Å²) < 4.78 is 0. The van der Waals surface area contributed by atoms with Gasteiger partial charge >= 0.3 is 0 Å². The molecule has 2 rings (SSSR count). The number of halogens is 1. The third-order valence-corrected chi connectivity index (χ3v) is 3.59. The SMILES string of the molecule is C/C(=N/NC(=O)CNC(=O)c1ccc(Cl)cc1)c1cccc([N+](=O)[O-])c1. The third-order valence-electron chi connectivity index (χ3n) is 3.34. The van der Waals surface area contributed by atoms with E-state index in [4.69, 9.17) is 11.6 Å². The highest BCUT2D eigenvalue weighted by atomic mass is 35.5. The van der Waals surface area contributed by atoms with Gasteiger partial charge in [0, 0.05) is 28.3 Å². The van der Waals surface area contributed by atoms with Crippen LogP contribution in [0.3, 0.4) is 0 Å². The molecule has 0 atom stereocenters. The average Bonchev–Trinajstić information content (AvgIpc) is 2.64. The second-order valence-corrected chi connectivity index (χ2v) is 5.67. The van der Waals surface area contributed by atoms with Crippen molar-refractivity contribution in [3.8, 4) is 0 Å². The average molecular weight is 375 g/mol. The number of carbonyl (C=O) groups excluding carboxylic acids is 2. The Morgan fingerprint density at radius 3 is 2.50 bits per heavy atom. The Morgan fingerprint density at radius 2 is 1.85 bits per heavy atom. The normalized spacial score (nSPS) is 10.9. The van der Waals surface area contributed by atoms with E-state index in [1.54, 1.807) is 37.3 Å². The smallest absolute Gasteiger partial charge is 0.270 e. The number of nitro benzene ring substituents is 1. The molecule has 0 unspecified atom stereocenters. The number of non-ortho nitro benzene ring substituents is 1. The first-order valence-electron chi connectivity index (χ1n) is 7.48. The van der Waals surface area contributed by atoms with E-state index < -0.39 is 16.7 Å². The fourth-order valence-corrected chi connectivity index (χ4v) is 2.08. The lowest BCUT2D eigenvalue weighted by atomic mass is 10.1. The zero-order valence-corrected chi connectivity index (χ0v) is 14.5. The maximum atomic E-state index is 11.9. The highest BCUT2D eigenvalue weighted by molar-refractivity contribution is 6.30. The fraction of sp³-hybridized carbons (Fsp3) is 0.118. The molecule has 2 amide bonds. The highest BCUT2D eigenvalue weighted by Crippen LogP contribution is 2.13. The van der Waals surface area contributed by atoms with E-state index in [9.17, 15) is 19.7 Å². The largest absolute Gasteiger partial charge is 0.343 e.